The van der Waals surface area contributed by atoms with Gasteiger partial charge in [0, 0.05) is 43.1 Å². The SMILES string of the molecule is Cc1ccc(-c2c[nH]c(/C(=C\C=N)N3CC4CCC(C3)N4C(=O)[C@@H]3C[C@H]3F)c2)nn1. The number of fused-ring (bicyclic) bond motifs is 2. The number of alkyl halides is 1. The van der Waals surface area contributed by atoms with Crippen LogP contribution in [-0.2, 0) is 4.79 Å². The van der Waals surface area contributed by atoms with Gasteiger partial charge in [-0.15, -0.1) is 0 Å². The smallest absolute Gasteiger partial charge is 0.229 e. The normalized spacial score (nSPS) is 28.0. The van der Waals surface area contributed by atoms with E-state index in [-0.39, 0.29) is 18.0 Å². The van der Waals surface area contributed by atoms with Crippen molar-refractivity contribution >= 4 is 17.8 Å². The highest BCUT2D eigenvalue weighted by molar-refractivity contribution is 5.84. The average molecular weight is 408 g/mol. The van der Waals surface area contributed by atoms with Crippen LogP contribution in [0.25, 0.3) is 17.0 Å². The van der Waals surface area contributed by atoms with Gasteiger partial charge in [-0.25, -0.2) is 4.39 Å². The van der Waals surface area contributed by atoms with E-state index < -0.39 is 12.1 Å². The van der Waals surface area contributed by atoms with E-state index in [4.69, 9.17) is 5.41 Å². The van der Waals surface area contributed by atoms with Crippen LogP contribution in [0.15, 0.2) is 30.5 Å². The molecule has 2 unspecified atom stereocenters. The molecule has 2 aliphatic heterocycles. The summed E-state index contributed by atoms with van der Waals surface area (Å²) in [6, 6.07) is 6.10. The Kier molecular flexibility index (Phi) is 4.64. The number of H-pyrrole nitrogens is 1. The van der Waals surface area contributed by atoms with E-state index in [1.54, 1.807) is 6.08 Å². The molecule has 2 bridgehead atoms. The Morgan fingerprint density at radius 1 is 1.27 bits per heavy atom. The number of likely N-dealkylation sites (tertiary alicyclic amines) is 1. The van der Waals surface area contributed by atoms with Gasteiger partial charge in [-0.2, -0.15) is 10.2 Å². The highest BCUT2D eigenvalue weighted by Gasteiger charge is 2.51. The molecule has 4 heterocycles. The van der Waals surface area contributed by atoms with Crippen LogP contribution >= 0.6 is 0 Å². The quantitative estimate of drug-likeness (QED) is 0.745. The van der Waals surface area contributed by atoms with Crippen LogP contribution in [0.5, 0.6) is 0 Å². The lowest BCUT2D eigenvalue weighted by molar-refractivity contribution is -0.138. The van der Waals surface area contributed by atoms with Crippen molar-refractivity contribution in [2.45, 2.75) is 44.4 Å². The lowest BCUT2D eigenvalue weighted by Crippen LogP contribution is -2.55. The molecule has 2 saturated heterocycles. The maximum absolute atomic E-state index is 13.4. The molecule has 5 rings (SSSR count). The molecule has 0 spiro atoms. The van der Waals surface area contributed by atoms with Crippen molar-refractivity contribution in [3.05, 3.63) is 41.9 Å². The van der Waals surface area contributed by atoms with E-state index in [2.05, 4.69) is 20.1 Å². The molecular formula is C22H25FN6O. The number of allylic oxidation sites excluding steroid dienone is 1. The number of carbonyl (C=O) groups is 1. The first-order valence-corrected chi connectivity index (χ1v) is 10.5. The van der Waals surface area contributed by atoms with E-state index in [1.165, 1.54) is 6.21 Å². The summed E-state index contributed by atoms with van der Waals surface area (Å²) in [5.41, 5.74) is 4.43. The fourth-order valence-corrected chi connectivity index (χ4v) is 4.76. The van der Waals surface area contributed by atoms with E-state index in [0.29, 0.717) is 19.5 Å². The lowest BCUT2D eigenvalue weighted by Gasteiger charge is -2.43. The van der Waals surface area contributed by atoms with Crippen molar-refractivity contribution in [3.8, 4) is 11.3 Å². The van der Waals surface area contributed by atoms with Crippen LogP contribution in [-0.4, -0.2) is 68.4 Å². The van der Waals surface area contributed by atoms with Crippen molar-refractivity contribution in [1.82, 2.24) is 25.0 Å². The molecule has 8 heteroatoms. The molecular weight excluding hydrogens is 383 g/mol. The number of aromatic amines is 1. The average Bonchev–Trinajstić information content (AvgIpc) is 3.16. The molecule has 156 valence electrons. The van der Waals surface area contributed by atoms with Crippen LogP contribution in [0.4, 0.5) is 4.39 Å². The molecule has 1 saturated carbocycles. The minimum absolute atomic E-state index is 0.00709. The fourth-order valence-electron chi connectivity index (χ4n) is 4.76. The van der Waals surface area contributed by atoms with Crippen molar-refractivity contribution in [1.29, 1.82) is 5.41 Å². The number of piperazine rings is 1. The molecule has 30 heavy (non-hydrogen) atoms. The predicted octanol–water partition coefficient (Wildman–Crippen LogP) is 2.80. The number of hydrogen-bond acceptors (Lipinski definition) is 5. The van der Waals surface area contributed by atoms with Gasteiger partial charge in [0.15, 0.2) is 0 Å². The van der Waals surface area contributed by atoms with Gasteiger partial charge in [-0.1, -0.05) is 0 Å². The first-order chi connectivity index (χ1) is 14.5. The third kappa shape index (κ3) is 3.30. The maximum Gasteiger partial charge on any atom is 0.229 e. The first-order valence-electron chi connectivity index (χ1n) is 10.5. The van der Waals surface area contributed by atoms with Gasteiger partial charge in [0.05, 0.1) is 28.7 Å². The summed E-state index contributed by atoms with van der Waals surface area (Å²) in [6.45, 7) is 3.30. The predicted molar refractivity (Wildman–Crippen MR) is 112 cm³/mol. The first kappa shape index (κ1) is 19.0. The number of amides is 1. The van der Waals surface area contributed by atoms with Crippen LogP contribution in [0.1, 0.15) is 30.7 Å². The van der Waals surface area contributed by atoms with E-state index in [0.717, 1.165) is 41.2 Å². The van der Waals surface area contributed by atoms with Gasteiger partial charge in [-0.3, -0.25) is 4.79 Å². The number of nitrogens with zero attached hydrogens (tertiary/aromatic N) is 4. The third-order valence-corrected chi connectivity index (χ3v) is 6.40. The highest BCUT2D eigenvalue weighted by Crippen LogP contribution is 2.41. The Morgan fingerprint density at radius 2 is 2.00 bits per heavy atom. The Balaban J connectivity index is 1.36. The minimum Gasteiger partial charge on any atom is -0.366 e. The van der Waals surface area contributed by atoms with Gasteiger partial charge in [-0.05, 0) is 50.5 Å². The molecule has 7 nitrogen and oxygen atoms in total. The summed E-state index contributed by atoms with van der Waals surface area (Å²) in [4.78, 5) is 20.2. The number of aromatic nitrogens is 3. The third-order valence-electron chi connectivity index (χ3n) is 6.40. The van der Waals surface area contributed by atoms with Crippen molar-refractivity contribution in [2.24, 2.45) is 5.92 Å². The monoisotopic (exact) mass is 408 g/mol. The number of nitrogens with one attached hydrogen (secondary N) is 2. The summed E-state index contributed by atoms with van der Waals surface area (Å²) < 4.78 is 13.4. The number of carbonyl (C=O) groups excluding carboxylic acids is 1. The Labute approximate surface area is 174 Å². The van der Waals surface area contributed by atoms with Gasteiger partial charge in [0.2, 0.25) is 5.91 Å². The molecule has 2 N–H and O–H groups in total. The van der Waals surface area contributed by atoms with Gasteiger partial charge >= 0.3 is 0 Å². The molecule has 2 aromatic heterocycles. The summed E-state index contributed by atoms with van der Waals surface area (Å²) in [5, 5.41) is 16.0. The topological polar surface area (TPSA) is 89.0 Å². The molecule has 3 fully saturated rings. The van der Waals surface area contributed by atoms with Crippen molar-refractivity contribution in [2.75, 3.05) is 13.1 Å². The van der Waals surface area contributed by atoms with Crippen LogP contribution < -0.4 is 0 Å². The zero-order valence-corrected chi connectivity index (χ0v) is 16.9. The van der Waals surface area contributed by atoms with Crippen LogP contribution in [0.2, 0.25) is 0 Å². The van der Waals surface area contributed by atoms with E-state index >= 15 is 0 Å². The van der Waals surface area contributed by atoms with Gasteiger partial charge < -0.3 is 20.2 Å². The second-order valence-electron chi connectivity index (χ2n) is 8.47. The fraction of sp³-hybridized carbons (Fsp3) is 0.455. The largest absolute Gasteiger partial charge is 0.366 e. The van der Waals surface area contributed by atoms with Crippen molar-refractivity contribution in [3.63, 3.8) is 0 Å². The lowest BCUT2D eigenvalue weighted by atomic mass is 10.1. The molecule has 1 aliphatic carbocycles. The summed E-state index contributed by atoms with van der Waals surface area (Å²) in [6.07, 6.45) is 6.29. The second kappa shape index (κ2) is 7.34. The summed E-state index contributed by atoms with van der Waals surface area (Å²) in [7, 11) is 0. The van der Waals surface area contributed by atoms with Crippen molar-refractivity contribution < 1.29 is 9.18 Å². The molecule has 1 amide bonds. The summed E-state index contributed by atoms with van der Waals surface area (Å²) >= 11 is 0. The zero-order chi connectivity index (χ0) is 20.8. The molecule has 0 radical (unpaired) electrons. The number of rotatable bonds is 5. The van der Waals surface area contributed by atoms with E-state index in [1.807, 2.05) is 36.2 Å². The maximum atomic E-state index is 13.4. The molecule has 2 aromatic rings. The van der Waals surface area contributed by atoms with Gasteiger partial charge in [0.25, 0.3) is 0 Å². The Morgan fingerprint density at radius 3 is 2.60 bits per heavy atom. The second-order valence-corrected chi connectivity index (χ2v) is 8.47. The van der Waals surface area contributed by atoms with Crippen LogP contribution in [0, 0.1) is 18.3 Å². The highest BCUT2D eigenvalue weighted by atomic mass is 19.1. The van der Waals surface area contributed by atoms with E-state index in [9.17, 15) is 9.18 Å². The Hall–Kier alpha value is -3.03. The number of aryl methyl sites for hydroxylation is 1. The zero-order valence-electron chi connectivity index (χ0n) is 16.9. The summed E-state index contributed by atoms with van der Waals surface area (Å²) in [5.74, 6) is -0.426. The number of halogens is 1. The molecule has 4 atom stereocenters. The number of hydrogen-bond donors (Lipinski definition) is 2. The standard InChI is InChI=1S/C22H25FN6O/c1-13-2-5-19(27-26-13)14-8-20(25-10-14)21(6-7-24)28-11-15-3-4-16(12-28)29(15)22(30)17-9-18(17)23/h2,5-8,10,15-18,24-25H,3-4,9,11-12H2,1H3/b21-6+,24-7?/t15?,16?,17-,18-/m1/s1. The van der Waals surface area contributed by atoms with Crippen LogP contribution in [0.3, 0.4) is 0 Å². The Bertz CT molecular complexity index is 985. The van der Waals surface area contributed by atoms with Gasteiger partial charge in [0.1, 0.15) is 6.17 Å². The molecule has 3 aliphatic rings. The molecule has 0 aromatic carbocycles. The minimum atomic E-state index is -0.953.